The number of nitrogens with two attached hydrogens (primary N) is 1. The number of aliphatic hydroxyl groups excluding tert-OH is 2. The topological polar surface area (TPSA) is 165 Å². The molecule has 39 heavy (non-hydrogen) atoms. The van der Waals surface area contributed by atoms with Crippen molar-refractivity contribution in [3.05, 3.63) is 51.0 Å². The van der Waals surface area contributed by atoms with Crippen LogP contribution in [0.5, 0.6) is 5.75 Å². The number of ketones is 2. The molecule has 1 unspecified atom stereocenters. The number of hydrogen-bond donors (Lipinski definition) is 5. The Bertz CT molecular complexity index is 1400. The van der Waals surface area contributed by atoms with Crippen LogP contribution in [0.25, 0.3) is 0 Å². The summed E-state index contributed by atoms with van der Waals surface area (Å²) in [5.41, 5.74) is -1.30. The van der Waals surface area contributed by atoms with Crippen LogP contribution in [-0.4, -0.2) is 87.0 Å². The Hall–Kier alpha value is -3.42. The van der Waals surface area contributed by atoms with E-state index < -0.39 is 105 Å². The zero-order chi connectivity index (χ0) is 28.9. The van der Waals surface area contributed by atoms with Crippen molar-refractivity contribution in [3.8, 4) is 5.75 Å². The molecule has 0 saturated carbocycles. The van der Waals surface area contributed by atoms with E-state index in [0.29, 0.717) is 13.0 Å². The molecular formula is C26H28F3N3O7. The van der Waals surface area contributed by atoms with Gasteiger partial charge in [-0.05, 0) is 63.5 Å². The fraction of sp³-hybridized carbons (Fsp3) is 0.500. The van der Waals surface area contributed by atoms with Gasteiger partial charge in [-0.2, -0.15) is 13.2 Å². The van der Waals surface area contributed by atoms with Crippen molar-refractivity contribution in [3.63, 3.8) is 0 Å². The van der Waals surface area contributed by atoms with E-state index in [-0.39, 0.29) is 12.0 Å². The molecule has 1 saturated heterocycles. The smallest absolute Gasteiger partial charge is 0.417 e. The standard InChI is InChI=1S/C26H28F3N3O7/c1-31(2)19-12-7-9-6-11-16(14(33)8-10(13-4-5-32(13)3)18(11)26(27,28)29)20(34)15(9)22(36)25(12,39)23(37)17(21(19)35)24(30)38/h8-9,12-13,19,33,35-36,39H,4-7H2,1-3H3,(H2,30,38)/t9-,12-,13?,19-,25-/m0/s1. The minimum absolute atomic E-state index is 0.157. The summed E-state index contributed by atoms with van der Waals surface area (Å²) in [5, 5.41) is 44.4. The average Bonchev–Trinajstić information content (AvgIpc) is 2.78. The largest absolute Gasteiger partial charge is 0.510 e. The molecule has 1 aliphatic heterocycles. The second-order valence-corrected chi connectivity index (χ2v) is 11.0. The predicted molar refractivity (Wildman–Crippen MR) is 129 cm³/mol. The number of allylic oxidation sites excluding steroid dienone is 1. The third kappa shape index (κ3) is 3.56. The lowest BCUT2D eigenvalue weighted by atomic mass is 9.58. The fourth-order valence-corrected chi connectivity index (χ4v) is 6.86. The van der Waals surface area contributed by atoms with Crippen LogP contribution < -0.4 is 5.73 Å². The number of aromatic hydroxyl groups is 1. The van der Waals surface area contributed by atoms with Gasteiger partial charge in [0, 0.05) is 24.1 Å². The van der Waals surface area contributed by atoms with Gasteiger partial charge < -0.3 is 26.2 Å². The number of rotatable bonds is 3. The number of likely N-dealkylation sites (N-methyl/N-ethyl adjacent to an activating group) is 1. The zero-order valence-electron chi connectivity index (χ0n) is 21.3. The van der Waals surface area contributed by atoms with Crippen LogP contribution in [0.2, 0.25) is 0 Å². The summed E-state index contributed by atoms with van der Waals surface area (Å²) in [6.45, 7) is 0.562. The van der Waals surface area contributed by atoms with Gasteiger partial charge in [-0.3, -0.25) is 24.2 Å². The molecule has 1 fully saturated rings. The Labute approximate surface area is 220 Å². The van der Waals surface area contributed by atoms with Gasteiger partial charge in [0.05, 0.1) is 17.2 Å². The highest BCUT2D eigenvalue weighted by molar-refractivity contribution is 6.24. The van der Waals surface area contributed by atoms with Crippen molar-refractivity contribution < 1.29 is 48.0 Å². The Kier molecular flexibility index (Phi) is 5.95. The fourth-order valence-electron chi connectivity index (χ4n) is 6.86. The van der Waals surface area contributed by atoms with Crippen molar-refractivity contribution in [1.82, 2.24) is 9.80 Å². The normalized spacial score (nSPS) is 31.2. The summed E-state index contributed by atoms with van der Waals surface area (Å²) in [6.07, 6.45) is -5.16. The maximum atomic E-state index is 14.5. The highest BCUT2D eigenvalue weighted by atomic mass is 19.4. The van der Waals surface area contributed by atoms with E-state index in [1.807, 2.05) is 0 Å². The molecule has 3 aliphatic carbocycles. The number of primary amides is 1. The second-order valence-electron chi connectivity index (χ2n) is 11.0. The molecular weight excluding hydrogens is 523 g/mol. The first-order valence-corrected chi connectivity index (χ1v) is 12.3. The van der Waals surface area contributed by atoms with Gasteiger partial charge in [0.25, 0.3) is 5.91 Å². The summed E-state index contributed by atoms with van der Waals surface area (Å²) in [4.78, 5) is 42.1. The number of carbonyl (C=O) groups excluding carboxylic acids is 3. The molecule has 1 heterocycles. The van der Waals surface area contributed by atoms with Gasteiger partial charge in [0.2, 0.25) is 5.78 Å². The van der Waals surface area contributed by atoms with Crippen LogP contribution in [0, 0.1) is 11.8 Å². The lowest BCUT2D eigenvalue weighted by Crippen LogP contribution is -2.63. The Morgan fingerprint density at radius 2 is 1.85 bits per heavy atom. The van der Waals surface area contributed by atoms with E-state index in [4.69, 9.17) is 5.73 Å². The van der Waals surface area contributed by atoms with Crippen LogP contribution in [0.3, 0.4) is 0 Å². The Balaban J connectivity index is 1.75. The summed E-state index contributed by atoms with van der Waals surface area (Å²) >= 11 is 0. The minimum Gasteiger partial charge on any atom is -0.510 e. The Morgan fingerprint density at radius 3 is 2.33 bits per heavy atom. The number of carbonyl (C=O) groups is 3. The second kappa shape index (κ2) is 8.54. The molecule has 1 aromatic rings. The SMILES string of the molecule is CN1CCC1c1cc(O)c2c(c1C(F)(F)F)C[C@H]1C[C@H]3[C@H](N(C)C)C(O)=C(C(N)=O)C(=O)[C@@]3(O)C(O)=C1C2=O. The van der Waals surface area contributed by atoms with Gasteiger partial charge in [-0.15, -0.1) is 0 Å². The number of benzene rings is 1. The van der Waals surface area contributed by atoms with Crippen LogP contribution in [0.15, 0.2) is 28.7 Å². The average molecular weight is 552 g/mol. The molecule has 5 atom stereocenters. The van der Waals surface area contributed by atoms with Gasteiger partial charge in [0.15, 0.2) is 11.4 Å². The monoisotopic (exact) mass is 551 g/mol. The molecule has 0 aromatic heterocycles. The molecule has 5 rings (SSSR count). The number of fused-ring (bicyclic) bond motifs is 3. The first kappa shape index (κ1) is 27.2. The molecule has 13 heteroatoms. The summed E-state index contributed by atoms with van der Waals surface area (Å²) in [6, 6.07) is -0.934. The molecule has 4 aliphatic rings. The number of aliphatic hydroxyl groups is 3. The van der Waals surface area contributed by atoms with Gasteiger partial charge in [0.1, 0.15) is 22.8 Å². The third-order valence-electron chi connectivity index (χ3n) is 8.69. The number of phenolic OH excluding ortho intramolecular Hbond substituents is 1. The number of likely N-dealkylation sites (tertiary alicyclic amines) is 1. The summed E-state index contributed by atoms with van der Waals surface area (Å²) < 4.78 is 43.5. The van der Waals surface area contributed by atoms with Gasteiger partial charge >= 0.3 is 6.18 Å². The van der Waals surface area contributed by atoms with E-state index in [0.717, 1.165) is 6.07 Å². The lowest BCUT2D eigenvalue weighted by molar-refractivity contribution is -0.148. The highest BCUT2D eigenvalue weighted by Gasteiger charge is 2.63. The first-order chi connectivity index (χ1) is 18.0. The van der Waals surface area contributed by atoms with Crippen LogP contribution >= 0.6 is 0 Å². The van der Waals surface area contributed by atoms with Crippen molar-refractivity contribution >= 4 is 17.5 Å². The molecule has 0 spiro atoms. The van der Waals surface area contributed by atoms with E-state index in [1.54, 1.807) is 11.9 Å². The van der Waals surface area contributed by atoms with Crippen LogP contribution in [0.4, 0.5) is 13.2 Å². The summed E-state index contributed by atoms with van der Waals surface area (Å²) in [5.74, 6) is -8.94. The first-order valence-electron chi connectivity index (χ1n) is 12.3. The molecule has 1 amide bonds. The van der Waals surface area contributed by atoms with Crippen LogP contribution in [-0.2, 0) is 22.2 Å². The maximum absolute atomic E-state index is 14.5. The van der Waals surface area contributed by atoms with E-state index >= 15 is 0 Å². The molecule has 210 valence electrons. The van der Waals surface area contributed by atoms with Crippen molar-refractivity contribution in [2.75, 3.05) is 27.7 Å². The molecule has 0 radical (unpaired) electrons. The molecule has 1 aromatic carbocycles. The maximum Gasteiger partial charge on any atom is 0.417 e. The highest BCUT2D eigenvalue weighted by Crippen LogP contribution is 2.54. The molecule has 10 nitrogen and oxygen atoms in total. The van der Waals surface area contributed by atoms with Crippen molar-refractivity contribution in [2.45, 2.75) is 43.1 Å². The number of alkyl halides is 3. The lowest BCUT2D eigenvalue weighted by Gasteiger charge is -2.50. The third-order valence-corrected chi connectivity index (χ3v) is 8.69. The number of Topliss-reactive ketones (excluding diaryl/α,β-unsaturated/α-hetero) is 2. The van der Waals surface area contributed by atoms with Gasteiger partial charge in [-0.1, -0.05) is 0 Å². The van der Waals surface area contributed by atoms with Crippen LogP contribution in [0.1, 0.15) is 45.9 Å². The molecule has 6 N–H and O–H groups in total. The number of nitrogens with zero attached hydrogens (tertiary/aromatic N) is 2. The van der Waals surface area contributed by atoms with E-state index in [9.17, 15) is 48.0 Å². The van der Waals surface area contributed by atoms with E-state index in [2.05, 4.69) is 0 Å². The van der Waals surface area contributed by atoms with E-state index in [1.165, 1.54) is 19.0 Å². The van der Waals surface area contributed by atoms with Gasteiger partial charge in [-0.25, -0.2) is 0 Å². The Morgan fingerprint density at radius 1 is 1.21 bits per heavy atom. The number of phenols is 1. The molecule has 0 bridgehead atoms. The van der Waals surface area contributed by atoms with Crippen molar-refractivity contribution in [1.29, 1.82) is 0 Å². The predicted octanol–water partition coefficient (Wildman–Crippen LogP) is 1.52. The van der Waals surface area contributed by atoms with Crippen molar-refractivity contribution in [2.24, 2.45) is 17.6 Å². The summed E-state index contributed by atoms with van der Waals surface area (Å²) in [7, 11) is 4.58. The number of hydrogen-bond acceptors (Lipinski definition) is 9. The minimum atomic E-state index is -4.87. The number of halogens is 3. The zero-order valence-corrected chi connectivity index (χ0v) is 21.3. The quantitative estimate of drug-likeness (QED) is 0.350. The number of amides is 1.